The van der Waals surface area contributed by atoms with Gasteiger partial charge in [0, 0.05) is 18.0 Å². The lowest BCUT2D eigenvalue weighted by Crippen LogP contribution is -2.32. The smallest absolute Gasteiger partial charge is 0.175 e. The standard InChI is InChI=1S/C20H23N3O/c1-4-6-17-18(24)20(3,23-19(17)21)16-8-5-7-14(10-16)15-9-13(2)11-22-12-15/h5,7-12,17H,4,6H2,1-3H3,(H2,21,23). The minimum atomic E-state index is -0.892. The van der Waals surface area contributed by atoms with Crippen LogP contribution < -0.4 is 5.73 Å². The maximum Gasteiger partial charge on any atom is 0.175 e. The highest BCUT2D eigenvalue weighted by atomic mass is 16.1. The van der Waals surface area contributed by atoms with Gasteiger partial charge in [0.15, 0.2) is 5.78 Å². The van der Waals surface area contributed by atoms with E-state index in [-0.39, 0.29) is 11.7 Å². The van der Waals surface area contributed by atoms with Gasteiger partial charge in [0.2, 0.25) is 0 Å². The first-order valence-corrected chi connectivity index (χ1v) is 8.38. The van der Waals surface area contributed by atoms with Gasteiger partial charge in [-0.05, 0) is 49.1 Å². The molecule has 0 aliphatic carbocycles. The van der Waals surface area contributed by atoms with Gasteiger partial charge in [-0.2, -0.15) is 0 Å². The van der Waals surface area contributed by atoms with Crippen LogP contribution in [-0.4, -0.2) is 16.6 Å². The Balaban J connectivity index is 2.02. The van der Waals surface area contributed by atoms with Gasteiger partial charge in [-0.15, -0.1) is 0 Å². The normalized spacial score (nSPS) is 23.4. The van der Waals surface area contributed by atoms with Crippen LogP contribution in [0.1, 0.15) is 37.8 Å². The molecule has 0 radical (unpaired) electrons. The number of Topliss-reactive ketones (excluding diaryl/α,β-unsaturated/α-hetero) is 1. The first kappa shape index (κ1) is 16.4. The number of aromatic nitrogens is 1. The highest BCUT2D eigenvalue weighted by molar-refractivity contribution is 6.13. The summed E-state index contributed by atoms with van der Waals surface area (Å²) in [7, 11) is 0. The molecule has 3 rings (SSSR count). The topological polar surface area (TPSA) is 68.3 Å². The Morgan fingerprint density at radius 1 is 1.21 bits per heavy atom. The third-order valence-corrected chi connectivity index (χ3v) is 4.72. The molecule has 1 aromatic heterocycles. The van der Waals surface area contributed by atoms with Crippen molar-refractivity contribution >= 4 is 11.6 Å². The SMILES string of the molecule is CCCC1C(=O)C(C)(c2cccc(-c3cncc(C)c3)c2)N=C1N. The van der Waals surface area contributed by atoms with E-state index in [9.17, 15) is 4.79 Å². The highest BCUT2D eigenvalue weighted by Gasteiger charge is 2.46. The Bertz CT molecular complexity index is 812. The summed E-state index contributed by atoms with van der Waals surface area (Å²) < 4.78 is 0. The van der Waals surface area contributed by atoms with E-state index in [1.54, 1.807) is 0 Å². The number of pyridine rings is 1. The van der Waals surface area contributed by atoms with Crippen molar-refractivity contribution in [1.29, 1.82) is 0 Å². The number of aryl methyl sites for hydroxylation is 1. The number of carbonyl (C=O) groups is 1. The van der Waals surface area contributed by atoms with Crippen LogP contribution in [0.4, 0.5) is 0 Å². The van der Waals surface area contributed by atoms with E-state index in [0.717, 1.165) is 35.1 Å². The van der Waals surface area contributed by atoms with Crippen molar-refractivity contribution in [3.8, 4) is 11.1 Å². The molecule has 1 aliphatic rings. The van der Waals surface area contributed by atoms with E-state index in [1.165, 1.54) is 0 Å². The molecular formula is C20H23N3O. The van der Waals surface area contributed by atoms with Gasteiger partial charge < -0.3 is 5.73 Å². The highest BCUT2D eigenvalue weighted by Crippen LogP contribution is 2.37. The number of carbonyl (C=O) groups excluding carboxylic acids is 1. The molecule has 0 amide bonds. The molecule has 1 aliphatic heterocycles. The van der Waals surface area contributed by atoms with Gasteiger partial charge in [0.1, 0.15) is 11.4 Å². The van der Waals surface area contributed by atoms with Gasteiger partial charge in [0.25, 0.3) is 0 Å². The van der Waals surface area contributed by atoms with Crippen LogP contribution in [0.3, 0.4) is 0 Å². The minimum Gasteiger partial charge on any atom is -0.387 e. The zero-order chi connectivity index (χ0) is 17.3. The monoisotopic (exact) mass is 321 g/mol. The van der Waals surface area contributed by atoms with Gasteiger partial charge in [-0.1, -0.05) is 31.5 Å². The second-order valence-electron chi connectivity index (χ2n) is 6.65. The van der Waals surface area contributed by atoms with E-state index in [2.05, 4.69) is 23.0 Å². The summed E-state index contributed by atoms with van der Waals surface area (Å²) in [5.41, 5.74) is 9.22. The fourth-order valence-electron chi connectivity index (χ4n) is 3.35. The fourth-order valence-corrected chi connectivity index (χ4v) is 3.35. The molecule has 2 N–H and O–H groups in total. The number of hydrogen-bond acceptors (Lipinski definition) is 4. The van der Waals surface area contributed by atoms with E-state index >= 15 is 0 Å². The summed E-state index contributed by atoms with van der Waals surface area (Å²) in [6, 6.07) is 10.1. The maximum absolute atomic E-state index is 12.9. The molecule has 0 saturated heterocycles. The van der Waals surface area contributed by atoms with Crippen LogP contribution in [0, 0.1) is 12.8 Å². The lowest BCUT2D eigenvalue weighted by Gasteiger charge is -2.21. The molecule has 0 bridgehead atoms. The predicted molar refractivity (Wildman–Crippen MR) is 96.8 cm³/mol. The Kier molecular flexibility index (Phi) is 4.22. The number of aliphatic imine (C=N–C) groups is 1. The summed E-state index contributed by atoms with van der Waals surface area (Å²) in [4.78, 5) is 21.7. The summed E-state index contributed by atoms with van der Waals surface area (Å²) in [6.45, 7) is 5.94. The summed E-state index contributed by atoms with van der Waals surface area (Å²) >= 11 is 0. The van der Waals surface area contributed by atoms with E-state index in [0.29, 0.717) is 5.84 Å². The number of hydrogen-bond donors (Lipinski definition) is 1. The van der Waals surface area contributed by atoms with Gasteiger partial charge >= 0.3 is 0 Å². The molecule has 2 unspecified atom stereocenters. The maximum atomic E-state index is 12.9. The first-order chi connectivity index (χ1) is 11.5. The molecule has 2 atom stereocenters. The van der Waals surface area contributed by atoms with E-state index < -0.39 is 5.54 Å². The fraction of sp³-hybridized carbons (Fsp3) is 0.350. The average molecular weight is 321 g/mol. The van der Waals surface area contributed by atoms with Crippen LogP contribution in [0.15, 0.2) is 47.7 Å². The molecule has 0 saturated carbocycles. The molecule has 4 heteroatoms. The minimum absolute atomic E-state index is 0.0985. The second kappa shape index (κ2) is 6.19. The van der Waals surface area contributed by atoms with Gasteiger partial charge in [-0.25, -0.2) is 0 Å². The Hall–Kier alpha value is -2.49. The van der Waals surface area contributed by atoms with Gasteiger partial charge in [0.05, 0.1) is 5.92 Å². The van der Waals surface area contributed by atoms with Crippen LogP contribution in [-0.2, 0) is 10.3 Å². The van der Waals surface area contributed by atoms with Crippen molar-refractivity contribution in [1.82, 2.24) is 4.98 Å². The summed E-state index contributed by atoms with van der Waals surface area (Å²) in [6.07, 6.45) is 5.33. The van der Waals surface area contributed by atoms with Crippen molar-refractivity contribution < 1.29 is 4.79 Å². The quantitative estimate of drug-likeness (QED) is 0.935. The van der Waals surface area contributed by atoms with Crippen LogP contribution in [0.25, 0.3) is 11.1 Å². The third kappa shape index (κ3) is 2.73. The van der Waals surface area contributed by atoms with Crippen molar-refractivity contribution in [3.63, 3.8) is 0 Å². The van der Waals surface area contributed by atoms with Crippen molar-refractivity contribution in [2.75, 3.05) is 0 Å². The van der Waals surface area contributed by atoms with E-state index in [4.69, 9.17) is 5.73 Å². The zero-order valence-corrected chi connectivity index (χ0v) is 14.4. The number of amidine groups is 1. The third-order valence-electron chi connectivity index (χ3n) is 4.72. The number of nitrogens with two attached hydrogens (primary N) is 1. The van der Waals surface area contributed by atoms with Crippen molar-refractivity contribution in [2.24, 2.45) is 16.6 Å². The van der Waals surface area contributed by atoms with Crippen LogP contribution >= 0.6 is 0 Å². The molecule has 2 heterocycles. The predicted octanol–water partition coefficient (Wildman–Crippen LogP) is 3.63. The number of benzene rings is 1. The van der Waals surface area contributed by atoms with Crippen molar-refractivity contribution in [2.45, 2.75) is 39.2 Å². The first-order valence-electron chi connectivity index (χ1n) is 8.38. The summed E-state index contributed by atoms with van der Waals surface area (Å²) in [5, 5.41) is 0. The number of rotatable bonds is 4. The Morgan fingerprint density at radius 3 is 2.71 bits per heavy atom. The lowest BCUT2D eigenvalue weighted by atomic mass is 9.82. The number of nitrogens with zero attached hydrogens (tertiary/aromatic N) is 2. The average Bonchev–Trinajstić information content (AvgIpc) is 2.80. The van der Waals surface area contributed by atoms with Gasteiger partial charge in [-0.3, -0.25) is 14.8 Å². The zero-order valence-electron chi connectivity index (χ0n) is 14.4. The van der Waals surface area contributed by atoms with E-state index in [1.807, 2.05) is 50.5 Å². The molecule has 124 valence electrons. The summed E-state index contributed by atoms with van der Waals surface area (Å²) in [5.74, 6) is 0.303. The van der Waals surface area contributed by atoms with Crippen LogP contribution in [0.5, 0.6) is 0 Å². The molecular weight excluding hydrogens is 298 g/mol. The molecule has 24 heavy (non-hydrogen) atoms. The number of ketones is 1. The Morgan fingerprint density at radius 2 is 2.00 bits per heavy atom. The second-order valence-corrected chi connectivity index (χ2v) is 6.65. The van der Waals surface area contributed by atoms with Crippen LogP contribution in [0.2, 0.25) is 0 Å². The molecule has 1 aromatic carbocycles. The Labute approximate surface area is 142 Å². The molecule has 0 spiro atoms. The lowest BCUT2D eigenvalue weighted by molar-refractivity contribution is -0.124. The largest absolute Gasteiger partial charge is 0.387 e. The van der Waals surface area contributed by atoms with Crippen molar-refractivity contribution in [3.05, 3.63) is 53.9 Å². The molecule has 2 aromatic rings. The molecule has 4 nitrogen and oxygen atoms in total. The molecule has 0 fully saturated rings.